The molecule has 438 valence electrons. The van der Waals surface area contributed by atoms with Crippen molar-refractivity contribution >= 4 is 23.9 Å². The van der Waals surface area contributed by atoms with Crippen LogP contribution in [0.25, 0.3) is 0 Å². The minimum Gasteiger partial charge on any atom is -0.479 e. The van der Waals surface area contributed by atoms with Gasteiger partial charge in [0.05, 0.1) is 6.61 Å². The first-order valence-electron chi connectivity index (χ1n) is 31.3. The second-order valence-electron chi connectivity index (χ2n) is 21.7. The summed E-state index contributed by atoms with van der Waals surface area (Å²) in [6.45, 7) is 5.99. The molecule has 1 rings (SSSR count). The number of hydrogen-bond acceptors (Lipinski definition) is 11. The minimum atomic E-state index is -1.90. The second kappa shape index (κ2) is 51.9. The summed E-state index contributed by atoms with van der Waals surface area (Å²) in [6, 6.07) is 0. The van der Waals surface area contributed by atoms with E-state index in [-0.39, 0.29) is 25.9 Å². The molecule has 0 spiro atoms. The normalized spacial score (nSPS) is 18.2. The third kappa shape index (κ3) is 41.9. The van der Waals surface area contributed by atoms with Gasteiger partial charge >= 0.3 is 23.9 Å². The lowest BCUT2D eigenvalue weighted by Crippen LogP contribution is -2.61. The van der Waals surface area contributed by atoms with Crippen LogP contribution >= 0.6 is 0 Å². The maximum absolute atomic E-state index is 13.1. The van der Waals surface area contributed by atoms with E-state index < -0.39 is 67.3 Å². The number of aliphatic hydroxyl groups excluding tert-OH is 2. The van der Waals surface area contributed by atoms with Gasteiger partial charge < -0.3 is 39.0 Å². The molecule has 75 heavy (non-hydrogen) atoms. The molecule has 6 atom stereocenters. The molecule has 0 saturated carbocycles. The van der Waals surface area contributed by atoms with Crippen LogP contribution in [0.1, 0.15) is 303 Å². The molecule has 0 aromatic rings. The van der Waals surface area contributed by atoms with Crippen molar-refractivity contribution in [2.75, 3.05) is 13.2 Å². The van der Waals surface area contributed by atoms with E-state index >= 15 is 0 Å². The van der Waals surface area contributed by atoms with E-state index in [4.69, 9.17) is 23.7 Å². The first kappa shape index (κ1) is 70.2. The fourth-order valence-corrected chi connectivity index (χ4v) is 9.65. The Bertz CT molecular complexity index is 1400. The van der Waals surface area contributed by atoms with Gasteiger partial charge in [-0.05, 0) is 70.6 Å². The zero-order chi connectivity index (χ0) is 54.7. The number of carbonyl (C=O) groups is 4. The number of aliphatic carboxylic acids is 1. The van der Waals surface area contributed by atoms with Gasteiger partial charge in [-0.3, -0.25) is 14.4 Å². The van der Waals surface area contributed by atoms with Crippen LogP contribution in [0.4, 0.5) is 0 Å². The Hall–Kier alpha value is -2.80. The third-order valence-corrected chi connectivity index (χ3v) is 14.5. The molecule has 0 amide bonds. The zero-order valence-electron chi connectivity index (χ0n) is 48.3. The monoisotopic (exact) mass is 1060 g/mol. The number of hydrogen-bond donors (Lipinski definition) is 3. The quantitative estimate of drug-likeness (QED) is 0.0228. The highest BCUT2D eigenvalue weighted by atomic mass is 16.7. The molecule has 1 saturated heterocycles. The van der Waals surface area contributed by atoms with Gasteiger partial charge in [-0.15, -0.1) is 0 Å². The molecule has 0 bridgehead atoms. The summed E-state index contributed by atoms with van der Waals surface area (Å²) in [5.74, 6) is -3.10. The molecule has 3 N–H and O–H groups in total. The Morgan fingerprint density at radius 2 is 0.760 bits per heavy atom. The van der Waals surface area contributed by atoms with E-state index in [0.29, 0.717) is 19.3 Å². The maximum atomic E-state index is 13.1. The number of aliphatic hydroxyl groups is 2. The van der Waals surface area contributed by atoms with Crippen molar-refractivity contribution in [3.05, 3.63) is 24.3 Å². The highest BCUT2D eigenvalue weighted by molar-refractivity contribution is 5.74. The van der Waals surface area contributed by atoms with E-state index in [0.717, 1.165) is 77.0 Å². The molecule has 1 aliphatic rings. The Labute approximate surface area is 458 Å². The van der Waals surface area contributed by atoms with E-state index in [9.17, 15) is 34.5 Å². The molecular weight excluding hydrogens is 949 g/mol. The summed E-state index contributed by atoms with van der Waals surface area (Å²) in [5.41, 5.74) is 0. The van der Waals surface area contributed by atoms with Crippen molar-refractivity contribution in [3.63, 3.8) is 0 Å². The lowest BCUT2D eigenvalue weighted by atomic mass is 9.98. The van der Waals surface area contributed by atoms with Gasteiger partial charge in [0, 0.05) is 19.3 Å². The van der Waals surface area contributed by atoms with Gasteiger partial charge in [-0.2, -0.15) is 0 Å². The number of ether oxygens (including phenoxy) is 5. The third-order valence-electron chi connectivity index (χ3n) is 14.5. The van der Waals surface area contributed by atoms with Crippen LogP contribution in [0.3, 0.4) is 0 Å². The predicted octanol–water partition coefficient (Wildman–Crippen LogP) is 16.2. The summed E-state index contributed by atoms with van der Waals surface area (Å²) in [5, 5.41) is 31.5. The Kier molecular flexibility index (Phi) is 48.6. The van der Waals surface area contributed by atoms with Crippen LogP contribution in [0.2, 0.25) is 0 Å². The number of carbonyl (C=O) groups excluding carboxylic acids is 3. The van der Waals surface area contributed by atoms with Gasteiger partial charge in [-0.25, -0.2) is 4.79 Å². The van der Waals surface area contributed by atoms with Crippen LogP contribution in [0, 0.1) is 0 Å². The van der Waals surface area contributed by atoms with Crippen LogP contribution in [0.5, 0.6) is 0 Å². The Morgan fingerprint density at radius 1 is 0.427 bits per heavy atom. The van der Waals surface area contributed by atoms with E-state index in [1.165, 1.54) is 167 Å². The van der Waals surface area contributed by atoms with Gasteiger partial charge in [0.15, 0.2) is 24.6 Å². The van der Waals surface area contributed by atoms with E-state index in [1.54, 1.807) is 0 Å². The first-order chi connectivity index (χ1) is 36.6. The largest absolute Gasteiger partial charge is 0.479 e. The number of unbranched alkanes of at least 4 members (excludes halogenated alkanes) is 36. The highest BCUT2D eigenvalue weighted by Crippen LogP contribution is 2.27. The summed E-state index contributed by atoms with van der Waals surface area (Å²) < 4.78 is 28.4. The van der Waals surface area contributed by atoms with Gasteiger partial charge in [0.25, 0.3) is 0 Å². The van der Waals surface area contributed by atoms with Crippen LogP contribution in [0.15, 0.2) is 24.3 Å². The van der Waals surface area contributed by atoms with Crippen molar-refractivity contribution < 1.29 is 58.2 Å². The summed E-state index contributed by atoms with van der Waals surface area (Å²) in [6.07, 6.45) is 47.3. The lowest BCUT2D eigenvalue weighted by molar-refractivity contribution is -0.301. The molecule has 0 aliphatic carbocycles. The lowest BCUT2D eigenvalue weighted by Gasteiger charge is -2.40. The summed E-state index contributed by atoms with van der Waals surface area (Å²) in [4.78, 5) is 51.1. The SMILES string of the molecule is CCCCCCCC/C=C\CCCCCCCCCCCC(=O)OC1C(OCC(COC(=O)CCCCCCCCC/C=C\CCCCCCCC)OC(=O)CCCCCCCCCCC)OC(C(=O)O)C(O)C1O. The molecule has 12 heteroatoms. The summed E-state index contributed by atoms with van der Waals surface area (Å²) in [7, 11) is 0. The number of esters is 3. The van der Waals surface area contributed by atoms with Crippen LogP contribution in [-0.2, 0) is 42.9 Å². The average Bonchev–Trinajstić information content (AvgIpc) is 3.39. The summed E-state index contributed by atoms with van der Waals surface area (Å²) >= 11 is 0. The van der Waals surface area contributed by atoms with Crippen LogP contribution < -0.4 is 0 Å². The number of carboxylic acid groups (broad SMARTS) is 1. The number of carboxylic acids is 1. The molecule has 1 fully saturated rings. The van der Waals surface area contributed by atoms with E-state index in [1.807, 2.05) is 0 Å². The van der Waals surface area contributed by atoms with Crippen molar-refractivity contribution in [3.8, 4) is 0 Å². The fourth-order valence-electron chi connectivity index (χ4n) is 9.65. The Morgan fingerprint density at radius 3 is 1.13 bits per heavy atom. The molecular formula is C63H114O12. The van der Waals surface area contributed by atoms with Crippen molar-refractivity contribution in [1.82, 2.24) is 0 Å². The minimum absolute atomic E-state index is 0.0626. The molecule has 0 aromatic carbocycles. The molecule has 1 aliphatic heterocycles. The average molecular weight is 1060 g/mol. The van der Waals surface area contributed by atoms with E-state index in [2.05, 4.69) is 45.1 Å². The van der Waals surface area contributed by atoms with Crippen LogP contribution in [-0.4, -0.2) is 89.2 Å². The molecule has 0 radical (unpaired) electrons. The fraction of sp³-hybridized carbons (Fsp3) is 0.873. The molecule has 1 heterocycles. The second-order valence-corrected chi connectivity index (χ2v) is 21.7. The topological polar surface area (TPSA) is 175 Å². The Balaban J connectivity index is 2.59. The van der Waals surface area contributed by atoms with Gasteiger partial charge in [-0.1, -0.05) is 238 Å². The van der Waals surface area contributed by atoms with Gasteiger partial charge in [0.2, 0.25) is 0 Å². The van der Waals surface area contributed by atoms with Crippen molar-refractivity contribution in [1.29, 1.82) is 0 Å². The molecule has 6 unspecified atom stereocenters. The number of allylic oxidation sites excluding steroid dienone is 4. The molecule has 0 aromatic heterocycles. The number of rotatable bonds is 54. The standard InChI is InChI=1S/C63H114O12/c1-4-7-10-13-16-19-21-23-25-27-28-30-32-34-36-39-42-45-48-51-57(66)74-61-59(68)58(67)60(62(69)70)75-63(61)72-53-54(73-56(65)50-47-44-41-37-18-15-12-9-6-3)52-71-55(64)49-46-43-40-38-35-33-31-29-26-24-22-20-17-14-11-8-5-2/h23-26,54,58-61,63,67-68H,4-22,27-53H2,1-3H3,(H,69,70)/b25-23-,26-24-. The molecule has 12 nitrogen and oxygen atoms in total. The smallest absolute Gasteiger partial charge is 0.335 e. The predicted molar refractivity (Wildman–Crippen MR) is 303 cm³/mol. The first-order valence-corrected chi connectivity index (χ1v) is 31.3. The maximum Gasteiger partial charge on any atom is 0.335 e. The highest BCUT2D eigenvalue weighted by Gasteiger charge is 2.50. The van der Waals surface area contributed by atoms with Gasteiger partial charge in [0.1, 0.15) is 18.8 Å². The van der Waals surface area contributed by atoms with Crippen molar-refractivity contribution in [2.45, 2.75) is 340 Å². The zero-order valence-corrected chi connectivity index (χ0v) is 48.3. The van der Waals surface area contributed by atoms with Crippen molar-refractivity contribution in [2.24, 2.45) is 0 Å².